The van der Waals surface area contributed by atoms with Gasteiger partial charge in [-0.2, -0.15) is 0 Å². The van der Waals surface area contributed by atoms with Crippen molar-refractivity contribution in [2.24, 2.45) is 0 Å². The standard InChI is InChI=1S/C15H18N4O2/c1-4-20-13-7-5-6-12-14(13)17-15(16)19(12)8-11-9(2)18-21-10(11)3/h5-7H,4,8H2,1-3H3,(H2,16,17). The summed E-state index contributed by atoms with van der Waals surface area (Å²) in [5.74, 6) is 2.01. The van der Waals surface area contributed by atoms with E-state index in [0.717, 1.165) is 33.8 Å². The third kappa shape index (κ3) is 2.22. The summed E-state index contributed by atoms with van der Waals surface area (Å²) in [7, 11) is 0. The SMILES string of the molecule is CCOc1cccc2c1nc(N)n2Cc1c(C)noc1C. The molecule has 0 radical (unpaired) electrons. The minimum atomic E-state index is 0.456. The summed E-state index contributed by atoms with van der Waals surface area (Å²) >= 11 is 0. The predicted octanol–water partition coefficient (Wildman–Crippen LogP) is 2.67. The van der Waals surface area contributed by atoms with Gasteiger partial charge < -0.3 is 19.6 Å². The molecule has 6 nitrogen and oxygen atoms in total. The molecule has 2 heterocycles. The second-order valence-corrected chi connectivity index (χ2v) is 4.92. The van der Waals surface area contributed by atoms with Gasteiger partial charge in [0.05, 0.1) is 24.4 Å². The number of aromatic nitrogens is 3. The Labute approximate surface area is 122 Å². The van der Waals surface area contributed by atoms with Gasteiger partial charge in [-0.25, -0.2) is 4.98 Å². The minimum absolute atomic E-state index is 0.456. The second-order valence-electron chi connectivity index (χ2n) is 4.92. The summed E-state index contributed by atoms with van der Waals surface area (Å²) in [5, 5.41) is 3.98. The maximum atomic E-state index is 6.08. The Kier molecular flexibility index (Phi) is 3.29. The van der Waals surface area contributed by atoms with Crippen molar-refractivity contribution in [2.75, 3.05) is 12.3 Å². The van der Waals surface area contributed by atoms with E-state index >= 15 is 0 Å². The van der Waals surface area contributed by atoms with Gasteiger partial charge in [-0.05, 0) is 32.9 Å². The number of nitrogens with zero attached hydrogens (tertiary/aromatic N) is 3. The maximum Gasteiger partial charge on any atom is 0.201 e. The molecule has 6 heteroatoms. The molecule has 0 aliphatic rings. The average molecular weight is 286 g/mol. The Morgan fingerprint density at radius 1 is 1.33 bits per heavy atom. The number of hydrogen-bond donors (Lipinski definition) is 1. The first kappa shape index (κ1) is 13.5. The van der Waals surface area contributed by atoms with Crippen LogP contribution >= 0.6 is 0 Å². The molecule has 0 saturated heterocycles. The summed E-state index contributed by atoms with van der Waals surface area (Å²) in [6, 6.07) is 5.83. The van der Waals surface area contributed by atoms with Crippen LogP contribution in [-0.4, -0.2) is 21.3 Å². The molecular weight excluding hydrogens is 268 g/mol. The normalized spacial score (nSPS) is 11.2. The van der Waals surface area contributed by atoms with Crippen molar-refractivity contribution in [2.45, 2.75) is 27.3 Å². The first-order valence-electron chi connectivity index (χ1n) is 6.91. The topological polar surface area (TPSA) is 79.1 Å². The third-order valence-corrected chi connectivity index (χ3v) is 3.57. The van der Waals surface area contributed by atoms with Gasteiger partial charge in [0, 0.05) is 5.56 Å². The fraction of sp³-hybridized carbons (Fsp3) is 0.333. The van der Waals surface area contributed by atoms with E-state index in [9.17, 15) is 0 Å². The van der Waals surface area contributed by atoms with E-state index in [-0.39, 0.29) is 0 Å². The molecule has 0 fully saturated rings. The number of nitrogen functional groups attached to an aromatic ring is 1. The first-order chi connectivity index (χ1) is 10.1. The van der Waals surface area contributed by atoms with E-state index in [1.165, 1.54) is 0 Å². The highest BCUT2D eigenvalue weighted by Crippen LogP contribution is 2.28. The lowest BCUT2D eigenvalue weighted by atomic mass is 10.2. The molecule has 3 rings (SSSR count). The van der Waals surface area contributed by atoms with E-state index in [0.29, 0.717) is 19.1 Å². The first-order valence-corrected chi connectivity index (χ1v) is 6.91. The van der Waals surface area contributed by atoms with Gasteiger partial charge in [0.2, 0.25) is 5.95 Å². The highest BCUT2D eigenvalue weighted by molar-refractivity contribution is 5.84. The number of nitrogens with two attached hydrogens (primary N) is 1. The van der Waals surface area contributed by atoms with Gasteiger partial charge in [-0.1, -0.05) is 11.2 Å². The van der Waals surface area contributed by atoms with Crippen molar-refractivity contribution in [3.8, 4) is 5.75 Å². The number of rotatable bonds is 4. The third-order valence-electron chi connectivity index (χ3n) is 3.57. The molecule has 2 aromatic heterocycles. The molecule has 21 heavy (non-hydrogen) atoms. The Bertz CT molecular complexity index is 769. The molecule has 0 atom stereocenters. The second kappa shape index (κ2) is 5.12. The Morgan fingerprint density at radius 3 is 2.81 bits per heavy atom. The van der Waals surface area contributed by atoms with Gasteiger partial charge in [0.25, 0.3) is 0 Å². The Morgan fingerprint density at radius 2 is 2.14 bits per heavy atom. The summed E-state index contributed by atoms with van der Waals surface area (Å²) in [4.78, 5) is 4.44. The summed E-state index contributed by atoms with van der Waals surface area (Å²) in [5.41, 5.74) is 9.71. The highest BCUT2D eigenvalue weighted by atomic mass is 16.5. The number of imidazole rings is 1. The molecule has 110 valence electrons. The van der Waals surface area contributed by atoms with Gasteiger partial charge in [0.15, 0.2) is 0 Å². The minimum Gasteiger partial charge on any atom is -0.492 e. The number of ether oxygens (including phenoxy) is 1. The van der Waals surface area contributed by atoms with Crippen LogP contribution < -0.4 is 10.5 Å². The monoisotopic (exact) mass is 286 g/mol. The molecule has 1 aromatic carbocycles. The van der Waals surface area contributed by atoms with Crippen LogP contribution in [0.15, 0.2) is 22.7 Å². The average Bonchev–Trinajstić information content (AvgIpc) is 2.95. The van der Waals surface area contributed by atoms with E-state index < -0.39 is 0 Å². The van der Waals surface area contributed by atoms with E-state index in [4.69, 9.17) is 15.0 Å². The zero-order chi connectivity index (χ0) is 15.0. The molecule has 3 aromatic rings. The fourth-order valence-corrected chi connectivity index (χ4v) is 2.46. The van der Waals surface area contributed by atoms with E-state index in [2.05, 4.69) is 10.1 Å². The molecule has 0 aliphatic heterocycles. The lowest BCUT2D eigenvalue weighted by Gasteiger charge is -2.07. The van der Waals surface area contributed by atoms with Crippen molar-refractivity contribution in [3.63, 3.8) is 0 Å². The number of benzene rings is 1. The Hall–Kier alpha value is -2.50. The van der Waals surface area contributed by atoms with Crippen LogP contribution in [0.5, 0.6) is 5.75 Å². The van der Waals surface area contributed by atoms with Crippen LogP contribution in [0.3, 0.4) is 0 Å². The largest absolute Gasteiger partial charge is 0.492 e. The van der Waals surface area contributed by atoms with E-state index in [1.807, 2.05) is 43.5 Å². The van der Waals surface area contributed by atoms with E-state index in [1.54, 1.807) is 0 Å². The van der Waals surface area contributed by atoms with Crippen LogP contribution in [0.4, 0.5) is 5.95 Å². The number of para-hydroxylation sites is 1. The van der Waals surface area contributed by atoms with Gasteiger partial charge in [-0.15, -0.1) is 0 Å². The number of fused-ring (bicyclic) bond motifs is 1. The number of hydrogen-bond acceptors (Lipinski definition) is 5. The van der Waals surface area contributed by atoms with Gasteiger partial charge in [0.1, 0.15) is 17.0 Å². The molecule has 0 amide bonds. The summed E-state index contributed by atoms with van der Waals surface area (Å²) in [6.07, 6.45) is 0. The Balaban J connectivity index is 2.11. The maximum absolute atomic E-state index is 6.08. The van der Waals surface area contributed by atoms with Crippen LogP contribution in [0.1, 0.15) is 23.9 Å². The molecule has 2 N–H and O–H groups in total. The molecule has 0 aliphatic carbocycles. The quantitative estimate of drug-likeness (QED) is 0.797. The zero-order valence-corrected chi connectivity index (χ0v) is 12.4. The van der Waals surface area contributed by atoms with Crippen LogP contribution in [0.2, 0.25) is 0 Å². The molecule has 0 saturated carbocycles. The van der Waals surface area contributed by atoms with Crippen molar-refractivity contribution < 1.29 is 9.26 Å². The lowest BCUT2D eigenvalue weighted by Crippen LogP contribution is -2.05. The summed E-state index contributed by atoms with van der Waals surface area (Å²) < 4.78 is 12.8. The van der Waals surface area contributed by atoms with Crippen molar-refractivity contribution >= 4 is 17.0 Å². The molecule has 0 unspecified atom stereocenters. The van der Waals surface area contributed by atoms with Crippen LogP contribution in [-0.2, 0) is 6.54 Å². The van der Waals surface area contributed by atoms with Crippen molar-refractivity contribution in [1.82, 2.24) is 14.7 Å². The predicted molar refractivity (Wildman–Crippen MR) is 80.4 cm³/mol. The van der Waals surface area contributed by atoms with Crippen molar-refractivity contribution in [1.29, 1.82) is 0 Å². The number of anilines is 1. The molecule has 0 bridgehead atoms. The van der Waals surface area contributed by atoms with Crippen LogP contribution in [0, 0.1) is 13.8 Å². The van der Waals surface area contributed by atoms with Gasteiger partial charge >= 0.3 is 0 Å². The molecular formula is C15H18N4O2. The highest BCUT2D eigenvalue weighted by Gasteiger charge is 2.16. The lowest BCUT2D eigenvalue weighted by molar-refractivity contribution is 0.343. The van der Waals surface area contributed by atoms with Gasteiger partial charge in [-0.3, -0.25) is 0 Å². The number of aryl methyl sites for hydroxylation is 2. The van der Waals surface area contributed by atoms with Crippen molar-refractivity contribution in [3.05, 3.63) is 35.2 Å². The zero-order valence-electron chi connectivity index (χ0n) is 12.4. The molecule has 0 spiro atoms. The summed E-state index contributed by atoms with van der Waals surface area (Å²) in [6.45, 7) is 6.95. The fourth-order valence-electron chi connectivity index (χ4n) is 2.46. The van der Waals surface area contributed by atoms with Crippen LogP contribution in [0.25, 0.3) is 11.0 Å². The smallest absolute Gasteiger partial charge is 0.201 e.